The van der Waals surface area contributed by atoms with Crippen LogP contribution < -0.4 is 15.9 Å². The third-order valence-corrected chi connectivity index (χ3v) is 2.36. The highest BCUT2D eigenvalue weighted by molar-refractivity contribution is 6.62. The molecule has 2 rings (SSSR count). The van der Waals surface area contributed by atoms with Crippen molar-refractivity contribution < 1.29 is 19.5 Å². The summed E-state index contributed by atoms with van der Waals surface area (Å²) in [5.74, 6) is 0.644. The molecule has 1 aliphatic heterocycles. The van der Waals surface area contributed by atoms with Crippen molar-refractivity contribution in [2.75, 3.05) is 20.3 Å². The molecular formula is C11H18BNO4. The van der Waals surface area contributed by atoms with Crippen molar-refractivity contribution in [1.82, 2.24) is 0 Å². The maximum atomic E-state index is 9.57. The first-order valence-electron chi connectivity index (χ1n) is 5.56. The molecule has 1 aliphatic rings. The van der Waals surface area contributed by atoms with Gasteiger partial charge in [0.2, 0.25) is 0 Å². The van der Waals surface area contributed by atoms with Crippen LogP contribution in [0.15, 0.2) is 18.2 Å². The highest BCUT2D eigenvalue weighted by Gasteiger charge is 2.30. The van der Waals surface area contributed by atoms with Gasteiger partial charge in [-0.25, -0.2) is 0 Å². The first kappa shape index (κ1) is 14.0. The van der Waals surface area contributed by atoms with E-state index < -0.39 is 7.12 Å². The fraction of sp³-hybridized carbons (Fsp3) is 0.455. The molecule has 0 saturated heterocycles. The summed E-state index contributed by atoms with van der Waals surface area (Å²) < 4.78 is 10.6. The Morgan fingerprint density at radius 3 is 2.94 bits per heavy atom. The lowest BCUT2D eigenvalue weighted by atomic mass is 9.79. The summed E-state index contributed by atoms with van der Waals surface area (Å²) in [4.78, 5) is 0. The summed E-state index contributed by atoms with van der Waals surface area (Å²) >= 11 is 0. The molecule has 0 spiro atoms. The second-order valence-corrected chi connectivity index (χ2v) is 3.42. The van der Waals surface area contributed by atoms with Gasteiger partial charge in [0.1, 0.15) is 5.75 Å². The largest absolute Gasteiger partial charge is 0.495 e. The van der Waals surface area contributed by atoms with E-state index in [4.69, 9.17) is 14.5 Å². The minimum atomic E-state index is -0.884. The smallest absolute Gasteiger partial charge is 0.494 e. The van der Waals surface area contributed by atoms with Gasteiger partial charge in [0, 0.05) is 18.5 Å². The minimum Gasteiger partial charge on any atom is -0.494 e. The first-order chi connectivity index (χ1) is 8.33. The van der Waals surface area contributed by atoms with Gasteiger partial charge >= 0.3 is 7.12 Å². The van der Waals surface area contributed by atoms with Gasteiger partial charge < -0.3 is 25.3 Å². The molecule has 94 valence electrons. The number of rotatable bonds is 4. The van der Waals surface area contributed by atoms with Crippen molar-refractivity contribution >= 4 is 12.6 Å². The molecule has 0 radical (unpaired) electrons. The predicted octanol–water partition coefficient (Wildman–Crippen LogP) is -0.760. The summed E-state index contributed by atoms with van der Waals surface area (Å²) in [6.07, 6.45) is 0.584. The predicted molar refractivity (Wildman–Crippen MR) is 66.1 cm³/mol. The molecule has 6 heteroatoms. The third kappa shape index (κ3) is 3.44. The van der Waals surface area contributed by atoms with Gasteiger partial charge in [0.05, 0.1) is 13.2 Å². The van der Waals surface area contributed by atoms with Crippen LogP contribution in [0.5, 0.6) is 5.75 Å². The fourth-order valence-electron chi connectivity index (χ4n) is 1.62. The fourth-order valence-corrected chi connectivity index (χ4v) is 1.62. The molecule has 0 unspecified atom stereocenters. The monoisotopic (exact) mass is 239 g/mol. The first-order valence-corrected chi connectivity index (χ1v) is 5.56. The van der Waals surface area contributed by atoms with Crippen molar-refractivity contribution in [2.24, 2.45) is 5.73 Å². The van der Waals surface area contributed by atoms with Crippen LogP contribution in [0.3, 0.4) is 0 Å². The lowest BCUT2D eigenvalue weighted by Crippen LogP contribution is -2.30. The average molecular weight is 239 g/mol. The molecule has 0 aromatic heterocycles. The molecule has 17 heavy (non-hydrogen) atoms. The Labute approximate surface area is 101 Å². The normalized spacial score (nSPS) is 12.8. The molecular weight excluding hydrogens is 221 g/mol. The highest BCUT2D eigenvalue weighted by Crippen LogP contribution is 2.18. The zero-order valence-corrected chi connectivity index (χ0v) is 9.93. The van der Waals surface area contributed by atoms with Gasteiger partial charge in [-0.15, -0.1) is 0 Å². The summed E-state index contributed by atoms with van der Waals surface area (Å²) in [6, 6.07) is 5.58. The van der Waals surface area contributed by atoms with Crippen LogP contribution in [0.2, 0.25) is 0 Å². The summed E-state index contributed by atoms with van der Waals surface area (Å²) in [7, 11) is 0.616. The quantitative estimate of drug-likeness (QED) is 0.475. The van der Waals surface area contributed by atoms with E-state index >= 15 is 0 Å². The second kappa shape index (κ2) is 7.29. The molecule has 1 aromatic rings. The minimum absolute atomic E-state index is 0.105. The Balaban J connectivity index is 0.000000686. The Morgan fingerprint density at radius 2 is 2.24 bits per heavy atom. The van der Waals surface area contributed by atoms with Crippen molar-refractivity contribution in [3.05, 3.63) is 23.8 Å². The van der Waals surface area contributed by atoms with Crippen LogP contribution in [-0.4, -0.2) is 37.5 Å². The molecule has 5 nitrogen and oxygen atoms in total. The third-order valence-electron chi connectivity index (χ3n) is 2.36. The van der Waals surface area contributed by atoms with E-state index in [2.05, 4.69) is 5.73 Å². The number of fused-ring (bicyclic) bond motifs is 1. The van der Waals surface area contributed by atoms with Crippen LogP contribution in [0.1, 0.15) is 12.0 Å². The van der Waals surface area contributed by atoms with Gasteiger partial charge in [0.15, 0.2) is 0 Å². The average Bonchev–Trinajstić information content (AvgIpc) is 2.75. The van der Waals surface area contributed by atoms with Gasteiger partial charge in [-0.2, -0.15) is 0 Å². The second-order valence-electron chi connectivity index (χ2n) is 3.42. The zero-order chi connectivity index (χ0) is 12.7. The molecule has 0 bridgehead atoms. The van der Waals surface area contributed by atoms with Gasteiger partial charge in [-0.3, -0.25) is 0 Å². The molecule has 1 aromatic carbocycles. The van der Waals surface area contributed by atoms with E-state index in [0.29, 0.717) is 25.4 Å². The standard InChI is InChI=1S/C10H13BO4.CH5N/c12-5-2-6-14-9-4-1-3-8-7-15-11(13)10(8)9;1-2/h1,3-4,12-13H,2,5-7H2;2H2,1H3. The maximum absolute atomic E-state index is 9.57. The van der Waals surface area contributed by atoms with E-state index in [1.165, 1.54) is 7.05 Å². The molecule has 0 fully saturated rings. The van der Waals surface area contributed by atoms with Crippen LogP contribution in [0.25, 0.3) is 0 Å². The molecule has 0 aliphatic carbocycles. The number of nitrogens with two attached hydrogens (primary N) is 1. The SMILES string of the molecule is CN.OCCCOc1cccc2c1B(O)OC2. The molecule has 0 amide bonds. The summed E-state index contributed by atoms with van der Waals surface area (Å²) in [5.41, 5.74) is 6.18. The topological polar surface area (TPSA) is 84.9 Å². The van der Waals surface area contributed by atoms with Crippen LogP contribution in [-0.2, 0) is 11.3 Å². The molecule has 0 atom stereocenters. The number of hydrogen-bond acceptors (Lipinski definition) is 5. The number of aliphatic hydroxyl groups is 1. The van der Waals surface area contributed by atoms with Crippen molar-refractivity contribution in [1.29, 1.82) is 0 Å². The number of ether oxygens (including phenoxy) is 1. The van der Waals surface area contributed by atoms with E-state index in [0.717, 1.165) is 11.0 Å². The van der Waals surface area contributed by atoms with Gasteiger partial charge in [-0.1, -0.05) is 12.1 Å². The van der Waals surface area contributed by atoms with Crippen LogP contribution in [0, 0.1) is 0 Å². The molecule has 0 saturated carbocycles. The van der Waals surface area contributed by atoms with E-state index in [1.54, 1.807) is 6.07 Å². The zero-order valence-electron chi connectivity index (χ0n) is 9.93. The number of aliphatic hydroxyl groups excluding tert-OH is 1. The lowest BCUT2D eigenvalue weighted by molar-refractivity contribution is 0.234. The van der Waals surface area contributed by atoms with Crippen LogP contribution >= 0.6 is 0 Å². The Morgan fingerprint density at radius 1 is 1.47 bits per heavy atom. The van der Waals surface area contributed by atoms with Gasteiger partial charge in [-0.05, 0) is 18.7 Å². The maximum Gasteiger partial charge on any atom is 0.495 e. The van der Waals surface area contributed by atoms with E-state index in [1.807, 2.05) is 12.1 Å². The van der Waals surface area contributed by atoms with Crippen molar-refractivity contribution in [3.63, 3.8) is 0 Å². The van der Waals surface area contributed by atoms with E-state index in [-0.39, 0.29) is 6.61 Å². The Kier molecular flexibility index (Phi) is 6.00. The molecule has 4 N–H and O–H groups in total. The number of hydrogen-bond donors (Lipinski definition) is 3. The lowest BCUT2D eigenvalue weighted by Gasteiger charge is -2.09. The van der Waals surface area contributed by atoms with Crippen molar-refractivity contribution in [2.45, 2.75) is 13.0 Å². The summed E-state index contributed by atoms with van der Waals surface area (Å²) in [6.45, 7) is 0.974. The highest BCUT2D eigenvalue weighted by atomic mass is 16.5. The van der Waals surface area contributed by atoms with Gasteiger partial charge in [0.25, 0.3) is 0 Å². The van der Waals surface area contributed by atoms with Crippen LogP contribution in [0.4, 0.5) is 0 Å². The summed E-state index contributed by atoms with van der Waals surface area (Å²) in [5, 5.41) is 18.2. The molecule has 1 heterocycles. The number of benzene rings is 1. The Hall–Kier alpha value is -1.08. The van der Waals surface area contributed by atoms with E-state index in [9.17, 15) is 5.02 Å². The van der Waals surface area contributed by atoms with Crippen molar-refractivity contribution in [3.8, 4) is 5.75 Å². The Bertz CT molecular complexity index is 348.